The van der Waals surface area contributed by atoms with Crippen molar-refractivity contribution in [2.24, 2.45) is 17.8 Å². The number of carbonyl (C=O) groups excluding carboxylic acids is 1. The highest BCUT2D eigenvalue weighted by molar-refractivity contribution is 7.92. The van der Waals surface area contributed by atoms with Gasteiger partial charge in [-0.05, 0) is 79.8 Å². The summed E-state index contributed by atoms with van der Waals surface area (Å²) in [5, 5.41) is 9.29. The SMILES string of the molecule is O=C(O)C1CCN(C(=O)[C@@H]2CC[C@@]3(S(=O)(=O)c4ccc(F)cc4)c4ccc(C(F)(C(F)(F)F)C(F)(F)F)cc4CC[C@@H]23)CC1. The second-order valence-electron chi connectivity index (χ2n) is 11.6. The van der Waals surface area contributed by atoms with Crippen LogP contribution in [0.15, 0.2) is 47.4 Å². The van der Waals surface area contributed by atoms with E-state index in [-0.39, 0.29) is 73.7 Å². The average molecular weight is 654 g/mol. The fourth-order valence-corrected chi connectivity index (χ4v) is 9.73. The summed E-state index contributed by atoms with van der Waals surface area (Å²) in [4.78, 5) is 26.2. The molecule has 15 heteroatoms. The molecule has 1 N–H and O–H groups in total. The van der Waals surface area contributed by atoms with E-state index < -0.39 is 73.6 Å². The highest BCUT2D eigenvalue weighted by Crippen LogP contribution is 2.61. The lowest BCUT2D eigenvalue weighted by Gasteiger charge is -2.43. The zero-order valence-electron chi connectivity index (χ0n) is 22.9. The number of benzene rings is 2. The maximum absolute atomic E-state index is 15.0. The van der Waals surface area contributed by atoms with Crippen LogP contribution >= 0.6 is 0 Å². The van der Waals surface area contributed by atoms with E-state index in [1.165, 1.54) is 4.90 Å². The first-order chi connectivity index (χ1) is 20.4. The number of sulfone groups is 1. The summed E-state index contributed by atoms with van der Waals surface area (Å²) in [7, 11) is -4.57. The molecule has 0 spiro atoms. The van der Waals surface area contributed by atoms with Crippen molar-refractivity contribution < 1.29 is 58.2 Å². The molecule has 2 fully saturated rings. The molecule has 0 radical (unpaired) electrons. The Morgan fingerprint density at radius 3 is 2.00 bits per heavy atom. The van der Waals surface area contributed by atoms with Crippen LogP contribution in [0.2, 0.25) is 0 Å². The second kappa shape index (κ2) is 10.7. The molecule has 0 aromatic heterocycles. The second-order valence-corrected chi connectivity index (χ2v) is 13.8. The third-order valence-electron chi connectivity index (χ3n) is 9.45. The third kappa shape index (κ3) is 4.76. The Balaban J connectivity index is 1.62. The largest absolute Gasteiger partial charge is 0.481 e. The van der Waals surface area contributed by atoms with Crippen molar-refractivity contribution in [3.05, 3.63) is 65.0 Å². The molecule has 2 aromatic carbocycles. The van der Waals surface area contributed by atoms with Gasteiger partial charge in [-0.25, -0.2) is 17.2 Å². The molecular formula is C29H27F8NO5S. The van der Waals surface area contributed by atoms with E-state index in [0.717, 1.165) is 30.3 Å². The molecule has 1 saturated heterocycles. The summed E-state index contributed by atoms with van der Waals surface area (Å²) in [6, 6.07) is 5.22. The molecule has 0 bridgehead atoms. The van der Waals surface area contributed by atoms with E-state index in [2.05, 4.69) is 0 Å². The first-order valence-electron chi connectivity index (χ1n) is 13.8. The number of aliphatic carboxylic acids is 1. The summed E-state index contributed by atoms with van der Waals surface area (Å²) >= 11 is 0. The van der Waals surface area contributed by atoms with Gasteiger partial charge >= 0.3 is 24.0 Å². The number of fused-ring (bicyclic) bond motifs is 3. The number of amides is 1. The number of aryl methyl sites for hydroxylation is 1. The number of carboxylic acid groups (broad SMARTS) is 1. The van der Waals surface area contributed by atoms with Gasteiger partial charge in [0.2, 0.25) is 5.91 Å². The number of piperidine rings is 1. The molecule has 2 aromatic rings. The smallest absolute Gasteiger partial charge is 0.435 e. The number of rotatable bonds is 5. The Morgan fingerprint density at radius 1 is 0.864 bits per heavy atom. The monoisotopic (exact) mass is 653 g/mol. The maximum atomic E-state index is 15.0. The van der Waals surface area contributed by atoms with Gasteiger partial charge in [-0.2, -0.15) is 26.3 Å². The molecule has 3 atom stereocenters. The summed E-state index contributed by atoms with van der Waals surface area (Å²) < 4.78 is 137. The summed E-state index contributed by atoms with van der Waals surface area (Å²) in [5.74, 6) is -4.71. The number of alkyl halides is 7. The number of carboxylic acids is 1. The van der Waals surface area contributed by atoms with Gasteiger partial charge in [0.25, 0.3) is 0 Å². The molecule has 0 unspecified atom stereocenters. The lowest BCUT2D eigenvalue weighted by molar-refractivity contribution is -0.348. The minimum absolute atomic E-state index is 0.00211. The van der Waals surface area contributed by atoms with E-state index in [1.807, 2.05) is 0 Å². The zero-order chi connectivity index (χ0) is 32.5. The molecule has 1 saturated carbocycles. The molecule has 6 nitrogen and oxygen atoms in total. The van der Waals surface area contributed by atoms with E-state index in [1.54, 1.807) is 0 Å². The van der Waals surface area contributed by atoms with Crippen LogP contribution in [0.1, 0.15) is 48.8 Å². The first-order valence-corrected chi connectivity index (χ1v) is 15.3. The Bertz CT molecular complexity index is 1550. The highest BCUT2D eigenvalue weighted by atomic mass is 32.2. The number of hydrogen-bond acceptors (Lipinski definition) is 4. The van der Waals surface area contributed by atoms with E-state index in [9.17, 15) is 58.2 Å². The van der Waals surface area contributed by atoms with E-state index in [4.69, 9.17) is 0 Å². The quantitative estimate of drug-likeness (QED) is 0.312. The minimum atomic E-state index is -6.37. The first kappa shape index (κ1) is 32.2. The standard InChI is InChI=1S/C29H27F8NO5S/c30-19-3-5-20(6-4-19)44(42,43)26-12-9-21(24(39)38-13-10-16(11-14-38)25(40)41)23(26)7-1-17-15-18(2-8-22(17)26)27(31,28(32,33)34)29(35,36)37/h2-6,8,15-16,21,23H,1,7,9-14H2,(H,40,41)/t21-,23+,26-/m1/s1. The minimum Gasteiger partial charge on any atom is -0.481 e. The predicted octanol–water partition coefficient (Wildman–Crippen LogP) is 6.08. The summed E-state index contributed by atoms with van der Waals surface area (Å²) in [6.07, 6.45) is -12.9. The van der Waals surface area contributed by atoms with Crippen LogP contribution in [0, 0.1) is 23.6 Å². The molecule has 3 aliphatic rings. The molecule has 1 heterocycles. The van der Waals surface area contributed by atoms with Crippen molar-refractivity contribution >= 4 is 21.7 Å². The van der Waals surface area contributed by atoms with Crippen molar-refractivity contribution in [3.8, 4) is 0 Å². The normalized spacial score (nSPS) is 25.0. The van der Waals surface area contributed by atoms with Gasteiger partial charge in [0, 0.05) is 24.6 Å². The van der Waals surface area contributed by atoms with Gasteiger partial charge in [-0.15, -0.1) is 0 Å². The number of nitrogens with zero attached hydrogens (tertiary/aromatic N) is 1. The van der Waals surface area contributed by atoms with E-state index in [0.29, 0.717) is 6.07 Å². The fourth-order valence-electron chi connectivity index (χ4n) is 7.26. The lowest BCUT2D eigenvalue weighted by Crippen LogP contribution is -2.51. The molecule has 44 heavy (non-hydrogen) atoms. The lowest BCUT2D eigenvalue weighted by atomic mass is 9.72. The van der Waals surface area contributed by atoms with Crippen LogP contribution in [0.5, 0.6) is 0 Å². The highest BCUT2D eigenvalue weighted by Gasteiger charge is 2.74. The van der Waals surface area contributed by atoms with Crippen LogP contribution in [0.25, 0.3) is 0 Å². The predicted molar refractivity (Wildman–Crippen MR) is 138 cm³/mol. The Morgan fingerprint density at radius 2 is 1.45 bits per heavy atom. The average Bonchev–Trinajstić information content (AvgIpc) is 3.37. The van der Waals surface area contributed by atoms with Crippen molar-refractivity contribution in [1.82, 2.24) is 4.90 Å². The van der Waals surface area contributed by atoms with Crippen LogP contribution in [-0.4, -0.2) is 55.7 Å². The number of halogens is 8. The van der Waals surface area contributed by atoms with Crippen molar-refractivity contribution in [2.45, 2.75) is 66.2 Å². The number of hydrogen-bond donors (Lipinski definition) is 1. The van der Waals surface area contributed by atoms with Crippen LogP contribution in [0.4, 0.5) is 35.1 Å². The van der Waals surface area contributed by atoms with Crippen molar-refractivity contribution in [2.75, 3.05) is 13.1 Å². The molecule has 2 aliphatic carbocycles. The van der Waals surface area contributed by atoms with Crippen LogP contribution < -0.4 is 0 Å². The molecule has 1 aliphatic heterocycles. The van der Waals surface area contributed by atoms with Crippen molar-refractivity contribution in [1.29, 1.82) is 0 Å². The van der Waals surface area contributed by atoms with Gasteiger partial charge in [-0.3, -0.25) is 9.59 Å². The van der Waals surface area contributed by atoms with E-state index >= 15 is 0 Å². The van der Waals surface area contributed by atoms with Crippen LogP contribution in [-0.2, 0) is 36.3 Å². The molecular weight excluding hydrogens is 626 g/mol. The Labute approximate surface area is 247 Å². The fraction of sp³-hybridized carbons (Fsp3) is 0.517. The molecule has 5 rings (SSSR count). The maximum Gasteiger partial charge on any atom is 0.435 e. The van der Waals surface area contributed by atoms with Gasteiger partial charge in [0.1, 0.15) is 10.6 Å². The Kier molecular flexibility index (Phi) is 7.82. The topological polar surface area (TPSA) is 91.8 Å². The van der Waals surface area contributed by atoms with Gasteiger partial charge in [-0.1, -0.05) is 18.2 Å². The van der Waals surface area contributed by atoms with Gasteiger partial charge < -0.3 is 10.0 Å². The van der Waals surface area contributed by atoms with Crippen molar-refractivity contribution in [3.63, 3.8) is 0 Å². The summed E-state index contributed by atoms with van der Waals surface area (Å²) in [6.45, 7) is 0.230. The summed E-state index contributed by atoms with van der Waals surface area (Å²) in [5.41, 5.74) is -7.81. The number of carbonyl (C=O) groups is 2. The third-order valence-corrected chi connectivity index (χ3v) is 12.0. The van der Waals surface area contributed by atoms with Gasteiger partial charge in [0.15, 0.2) is 9.84 Å². The molecule has 1 amide bonds. The number of likely N-dealkylation sites (tertiary alicyclic amines) is 1. The Hall–Kier alpha value is -3.23. The molecule has 240 valence electrons. The zero-order valence-corrected chi connectivity index (χ0v) is 23.7. The van der Waals surface area contributed by atoms with Gasteiger partial charge in [0.05, 0.1) is 10.8 Å². The van der Waals surface area contributed by atoms with Crippen LogP contribution in [0.3, 0.4) is 0 Å².